The van der Waals surface area contributed by atoms with E-state index in [0.717, 1.165) is 17.4 Å². The van der Waals surface area contributed by atoms with E-state index in [1.807, 2.05) is 0 Å². The molecule has 0 aliphatic rings. The third-order valence-corrected chi connectivity index (χ3v) is 3.54. The highest BCUT2D eigenvalue weighted by Crippen LogP contribution is 2.38. The first-order valence-corrected chi connectivity index (χ1v) is 5.83. The van der Waals surface area contributed by atoms with Gasteiger partial charge in [0, 0.05) is 15.2 Å². The van der Waals surface area contributed by atoms with Crippen LogP contribution >= 0.6 is 11.3 Å². The van der Waals surface area contributed by atoms with Crippen LogP contribution in [0.5, 0.6) is 0 Å². The van der Waals surface area contributed by atoms with Crippen LogP contribution < -0.4 is 4.78 Å². The largest absolute Gasteiger partial charge is 0.499 e. The van der Waals surface area contributed by atoms with Gasteiger partial charge in [-0.3, -0.25) is 0 Å². The molecule has 0 spiro atoms. The van der Waals surface area contributed by atoms with Gasteiger partial charge in [-0.15, -0.1) is 11.3 Å². The Balaban J connectivity index is 2.50. The highest BCUT2D eigenvalue weighted by Gasteiger charge is 2.33. The Morgan fingerprint density at radius 3 is 2.22 bits per heavy atom. The van der Waals surface area contributed by atoms with Crippen LogP contribution in [0.2, 0.25) is 0 Å². The summed E-state index contributed by atoms with van der Waals surface area (Å²) in [6.45, 7) is 0. The van der Waals surface area contributed by atoms with E-state index in [0.29, 0.717) is 4.88 Å². The summed E-state index contributed by atoms with van der Waals surface area (Å²) < 4.78 is 38.6. The molecule has 7 heteroatoms. The molecule has 0 aliphatic heterocycles. The third kappa shape index (κ3) is 2.58. The fourth-order valence-electron chi connectivity index (χ4n) is 1.58. The maximum absolute atomic E-state index is 12.8. The Morgan fingerprint density at radius 2 is 1.67 bits per heavy atom. The summed E-state index contributed by atoms with van der Waals surface area (Å²) in [5.74, 6) is 0. The van der Waals surface area contributed by atoms with Gasteiger partial charge in [-0.1, -0.05) is 24.3 Å². The van der Waals surface area contributed by atoms with Gasteiger partial charge in [-0.2, -0.15) is 13.2 Å². The van der Waals surface area contributed by atoms with E-state index in [9.17, 15) is 13.2 Å². The molecule has 2 aromatic rings. The zero-order chi connectivity index (χ0) is 13.3. The van der Waals surface area contributed by atoms with E-state index < -0.39 is 18.9 Å². The van der Waals surface area contributed by atoms with E-state index in [4.69, 9.17) is 10.0 Å². The average molecular weight is 272 g/mol. The van der Waals surface area contributed by atoms with E-state index in [1.165, 1.54) is 30.3 Å². The van der Waals surface area contributed by atoms with Crippen molar-refractivity contribution in [3.8, 4) is 10.4 Å². The molecule has 0 bridgehead atoms. The molecule has 1 heterocycles. The molecule has 1 aromatic heterocycles. The molecule has 0 unspecified atom stereocenters. The van der Waals surface area contributed by atoms with Gasteiger partial charge in [0.25, 0.3) is 0 Å². The van der Waals surface area contributed by atoms with Gasteiger partial charge >= 0.3 is 13.3 Å². The molecule has 0 amide bonds. The minimum absolute atomic E-state index is 0.0434. The second-order valence-corrected chi connectivity index (χ2v) is 4.73. The standard InChI is InChI=1S/C11H8BF3O2S/c13-11(14,15)8-4-2-1-3-7(8)9-5-6-10(18-9)12(16)17/h1-6,16-17H. The van der Waals surface area contributed by atoms with Crippen molar-refractivity contribution < 1.29 is 23.2 Å². The minimum Gasteiger partial charge on any atom is -0.423 e. The SMILES string of the molecule is OB(O)c1ccc(-c2ccccc2C(F)(F)F)s1. The quantitative estimate of drug-likeness (QED) is 0.822. The zero-order valence-electron chi connectivity index (χ0n) is 8.98. The van der Waals surface area contributed by atoms with E-state index in [1.54, 1.807) is 0 Å². The van der Waals surface area contributed by atoms with Gasteiger partial charge < -0.3 is 10.0 Å². The first-order chi connectivity index (χ1) is 8.39. The molecular weight excluding hydrogens is 264 g/mol. The monoisotopic (exact) mass is 272 g/mol. The lowest BCUT2D eigenvalue weighted by atomic mass is 9.90. The van der Waals surface area contributed by atoms with Crippen LogP contribution in [0.4, 0.5) is 13.2 Å². The summed E-state index contributed by atoms with van der Waals surface area (Å²) in [4.78, 5) is 0.353. The number of benzene rings is 1. The molecule has 0 aliphatic carbocycles. The lowest BCUT2D eigenvalue weighted by Gasteiger charge is -2.11. The Labute approximate surface area is 105 Å². The number of hydrogen-bond donors (Lipinski definition) is 2. The number of alkyl halides is 3. The predicted octanol–water partition coefficient (Wildman–Crippen LogP) is 2.11. The van der Waals surface area contributed by atoms with Crippen LogP contribution in [0.25, 0.3) is 10.4 Å². The molecule has 0 saturated carbocycles. The fourth-order valence-corrected chi connectivity index (χ4v) is 2.50. The Hall–Kier alpha value is -1.31. The maximum Gasteiger partial charge on any atom is 0.499 e. The number of hydrogen-bond acceptors (Lipinski definition) is 3. The van der Waals surface area contributed by atoms with Crippen molar-refractivity contribution in [3.05, 3.63) is 42.0 Å². The lowest BCUT2D eigenvalue weighted by molar-refractivity contribution is -0.137. The van der Waals surface area contributed by atoms with Crippen molar-refractivity contribution in [2.45, 2.75) is 6.18 Å². The molecule has 94 valence electrons. The number of rotatable bonds is 2. The third-order valence-electron chi connectivity index (χ3n) is 2.38. The van der Waals surface area contributed by atoms with Crippen LogP contribution in [-0.2, 0) is 6.18 Å². The van der Waals surface area contributed by atoms with E-state index in [2.05, 4.69) is 0 Å². The molecule has 18 heavy (non-hydrogen) atoms. The van der Waals surface area contributed by atoms with Crippen LogP contribution in [-0.4, -0.2) is 17.2 Å². The first-order valence-electron chi connectivity index (χ1n) is 5.02. The van der Waals surface area contributed by atoms with Crippen LogP contribution in [0.3, 0.4) is 0 Å². The average Bonchev–Trinajstić information content (AvgIpc) is 2.77. The summed E-state index contributed by atoms with van der Waals surface area (Å²) in [7, 11) is -1.67. The topological polar surface area (TPSA) is 40.5 Å². The summed E-state index contributed by atoms with van der Waals surface area (Å²) in [5, 5.41) is 17.9. The van der Waals surface area contributed by atoms with E-state index in [-0.39, 0.29) is 10.3 Å². The van der Waals surface area contributed by atoms with Crippen LogP contribution in [0.15, 0.2) is 36.4 Å². The van der Waals surface area contributed by atoms with Crippen LogP contribution in [0.1, 0.15) is 5.56 Å². The van der Waals surface area contributed by atoms with Gasteiger partial charge in [-0.25, -0.2) is 0 Å². The highest BCUT2D eigenvalue weighted by molar-refractivity contribution is 7.24. The second-order valence-electron chi connectivity index (χ2n) is 3.62. The lowest BCUT2D eigenvalue weighted by Crippen LogP contribution is -2.26. The summed E-state index contributed by atoms with van der Waals surface area (Å²) in [5.41, 5.74) is -0.687. The van der Waals surface area contributed by atoms with Crippen molar-refractivity contribution in [1.29, 1.82) is 0 Å². The molecular formula is C11H8BF3O2S. The molecule has 0 fully saturated rings. The Bertz CT molecular complexity index is 551. The van der Waals surface area contributed by atoms with Crippen molar-refractivity contribution in [2.75, 3.05) is 0 Å². The van der Waals surface area contributed by atoms with Crippen molar-refractivity contribution in [1.82, 2.24) is 0 Å². The normalized spacial score (nSPS) is 11.6. The van der Waals surface area contributed by atoms with Crippen molar-refractivity contribution >= 4 is 23.2 Å². The van der Waals surface area contributed by atoms with Gasteiger partial charge in [0.1, 0.15) is 0 Å². The van der Waals surface area contributed by atoms with Gasteiger partial charge in [0.05, 0.1) is 5.56 Å². The van der Waals surface area contributed by atoms with Crippen LogP contribution in [0, 0.1) is 0 Å². The highest BCUT2D eigenvalue weighted by atomic mass is 32.1. The minimum atomic E-state index is -4.43. The molecule has 2 nitrogen and oxygen atoms in total. The molecule has 2 rings (SSSR count). The second kappa shape index (κ2) is 4.76. The first kappa shape index (κ1) is 13.1. The zero-order valence-corrected chi connectivity index (χ0v) is 9.79. The van der Waals surface area contributed by atoms with Gasteiger partial charge in [0.15, 0.2) is 0 Å². The molecule has 0 saturated heterocycles. The fraction of sp³-hybridized carbons (Fsp3) is 0.0909. The molecule has 1 aromatic carbocycles. The maximum atomic E-state index is 12.8. The Morgan fingerprint density at radius 1 is 1.00 bits per heavy atom. The summed E-state index contributed by atoms with van der Waals surface area (Å²) in [6.07, 6.45) is -4.43. The number of halogens is 3. The predicted molar refractivity (Wildman–Crippen MR) is 64.6 cm³/mol. The number of thiophene rings is 1. The molecule has 2 N–H and O–H groups in total. The Kier molecular flexibility index (Phi) is 3.47. The van der Waals surface area contributed by atoms with Gasteiger partial charge in [0.2, 0.25) is 0 Å². The molecule has 0 atom stereocenters. The summed E-state index contributed by atoms with van der Waals surface area (Å²) >= 11 is 0.924. The van der Waals surface area contributed by atoms with Gasteiger partial charge in [-0.05, 0) is 12.1 Å². The smallest absolute Gasteiger partial charge is 0.423 e. The molecule has 0 radical (unpaired) electrons. The van der Waals surface area contributed by atoms with Crippen molar-refractivity contribution in [2.24, 2.45) is 0 Å². The summed E-state index contributed by atoms with van der Waals surface area (Å²) in [6, 6.07) is 8.05. The van der Waals surface area contributed by atoms with Crippen molar-refractivity contribution in [3.63, 3.8) is 0 Å². The van der Waals surface area contributed by atoms with E-state index >= 15 is 0 Å².